The fraction of sp³-hybridized carbons (Fsp3) is 1.00. The van der Waals surface area contributed by atoms with Gasteiger partial charge < -0.3 is 5.32 Å². The van der Waals surface area contributed by atoms with Gasteiger partial charge in [0.25, 0.3) is 0 Å². The van der Waals surface area contributed by atoms with Crippen LogP contribution >= 0.6 is 15.9 Å². The van der Waals surface area contributed by atoms with E-state index >= 15 is 0 Å². The first kappa shape index (κ1) is 16.4. The average Bonchev–Trinajstić information content (AvgIpc) is 2.26. The normalized spacial score (nSPS) is 13.3. The predicted octanol–water partition coefficient (Wildman–Crippen LogP) is 4.75. The molecule has 0 saturated carbocycles. The van der Waals surface area contributed by atoms with Crippen LogP contribution in [0.1, 0.15) is 65.7 Å². The van der Waals surface area contributed by atoms with E-state index in [-0.39, 0.29) is 0 Å². The maximum Gasteiger partial charge on any atom is 0.0188 e. The fourth-order valence-corrected chi connectivity index (χ4v) is 2.81. The fourth-order valence-electron chi connectivity index (χ4n) is 1.84. The summed E-state index contributed by atoms with van der Waals surface area (Å²) in [6.45, 7) is 8.02. The van der Waals surface area contributed by atoms with Crippen LogP contribution in [0.15, 0.2) is 0 Å². The Kier molecular flexibility index (Phi) is 12.2. The standard InChI is InChI=1S/C14H30BrN/c1-4-5-6-7-8-9-10-11-16-14(12-15)13(2)3/h13-14,16H,4-12H2,1-3H3. The van der Waals surface area contributed by atoms with Crippen molar-refractivity contribution < 1.29 is 0 Å². The first-order valence-electron chi connectivity index (χ1n) is 7.01. The number of unbranched alkanes of at least 4 members (excludes halogenated alkanes) is 6. The SMILES string of the molecule is CCCCCCCCCNC(CBr)C(C)C. The van der Waals surface area contributed by atoms with Gasteiger partial charge in [0.05, 0.1) is 0 Å². The number of hydrogen-bond donors (Lipinski definition) is 1. The average molecular weight is 292 g/mol. The second-order valence-electron chi connectivity index (χ2n) is 5.08. The molecule has 0 aromatic rings. The highest BCUT2D eigenvalue weighted by Gasteiger charge is 2.09. The Labute approximate surface area is 111 Å². The van der Waals surface area contributed by atoms with Gasteiger partial charge >= 0.3 is 0 Å². The van der Waals surface area contributed by atoms with Crippen LogP contribution in [-0.2, 0) is 0 Å². The monoisotopic (exact) mass is 291 g/mol. The largest absolute Gasteiger partial charge is 0.313 e. The van der Waals surface area contributed by atoms with Crippen molar-refractivity contribution in [2.75, 3.05) is 11.9 Å². The minimum Gasteiger partial charge on any atom is -0.313 e. The van der Waals surface area contributed by atoms with Gasteiger partial charge in [-0.15, -0.1) is 0 Å². The Bertz CT molecular complexity index is 137. The summed E-state index contributed by atoms with van der Waals surface area (Å²) < 4.78 is 0. The first-order chi connectivity index (χ1) is 7.72. The zero-order chi connectivity index (χ0) is 12.2. The van der Waals surface area contributed by atoms with E-state index in [9.17, 15) is 0 Å². The van der Waals surface area contributed by atoms with Crippen LogP contribution in [-0.4, -0.2) is 17.9 Å². The third-order valence-corrected chi connectivity index (χ3v) is 3.86. The summed E-state index contributed by atoms with van der Waals surface area (Å²) in [5.74, 6) is 0.726. The molecule has 2 heteroatoms. The van der Waals surface area contributed by atoms with E-state index in [1.807, 2.05) is 0 Å². The van der Waals surface area contributed by atoms with Crippen LogP contribution < -0.4 is 5.32 Å². The Balaban J connectivity index is 3.19. The van der Waals surface area contributed by atoms with Crippen molar-refractivity contribution in [2.24, 2.45) is 5.92 Å². The zero-order valence-corrected chi connectivity index (χ0v) is 13.0. The molecule has 0 rings (SSSR count). The van der Waals surface area contributed by atoms with Gasteiger partial charge in [-0.25, -0.2) is 0 Å². The molecule has 0 heterocycles. The van der Waals surface area contributed by atoms with E-state index in [0.29, 0.717) is 6.04 Å². The van der Waals surface area contributed by atoms with Crippen LogP contribution in [0.2, 0.25) is 0 Å². The van der Waals surface area contributed by atoms with E-state index in [1.165, 1.54) is 51.5 Å². The summed E-state index contributed by atoms with van der Waals surface area (Å²) >= 11 is 3.57. The van der Waals surface area contributed by atoms with E-state index in [2.05, 4.69) is 42.0 Å². The number of nitrogens with one attached hydrogen (secondary N) is 1. The lowest BCUT2D eigenvalue weighted by Crippen LogP contribution is -2.35. The van der Waals surface area contributed by atoms with Crippen LogP contribution in [0, 0.1) is 5.92 Å². The second-order valence-corrected chi connectivity index (χ2v) is 5.73. The van der Waals surface area contributed by atoms with Crippen molar-refractivity contribution in [3.63, 3.8) is 0 Å². The summed E-state index contributed by atoms with van der Waals surface area (Å²) in [6, 6.07) is 0.639. The molecule has 16 heavy (non-hydrogen) atoms. The van der Waals surface area contributed by atoms with Crippen molar-refractivity contribution in [1.29, 1.82) is 0 Å². The quantitative estimate of drug-likeness (QED) is 0.428. The molecule has 0 amide bonds. The second kappa shape index (κ2) is 11.9. The zero-order valence-electron chi connectivity index (χ0n) is 11.4. The molecule has 0 bridgehead atoms. The third kappa shape index (κ3) is 9.65. The molecule has 1 atom stereocenters. The number of hydrogen-bond acceptors (Lipinski definition) is 1. The molecule has 0 aliphatic rings. The third-order valence-electron chi connectivity index (χ3n) is 3.16. The van der Waals surface area contributed by atoms with Gasteiger partial charge in [0.2, 0.25) is 0 Å². The predicted molar refractivity (Wildman–Crippen MR) is 78.4 cm³/mol. The van der Waals surface area contributed by atoms with Gasteiger partial charge in [0.1, 0.15) is 0 Å². The molecule has 1 unspecified atom stereocenters. The van der Waals surface area contributed by atoms with Crippen molar-refractivity contribution in [3.05, 3.63) is 0 Å². The van der Waals surface area contributed by atoms with Crippen molar-refractivity contribution in [1.82, 2.24) is 5.32 Å². The summed E-state index contributed by atoms with van der Waals surface area (Å²) in [5.41, 5.74) is 0. The maximum absolute atomic E-state index is 3.62. The lowest BCUT2D eigenvalue weighted by atomic mass is 10.1. The summed E-state index contributed by atoms with van der Waals surface area (Å²) in [4.78, 5) is 0. The minimum atomic E-state index is 0.639. The molecule has 1 N–H and O–H groups in total. The van der Waals surface area contributed by atoms with Crippen LogP contribution in [0.3, 0.4) is 0 Å². The van der Waals surface area contributed by atoms with E-state index < -0.39 is 0 Å². The van der Waals surface area contributed by atoms with Gasteiger partial charge in [-0.2, -0.15) is 0 Å². The van der Waals surface area contributed by atoms with Crippen LogP contribution in [0.5, 0.6) is 0 Å². The summed E-state index contributed by atoms with van der Waals surface area (Å²) in [7, 11) is 0. The van der Waals surface area contributed by atoms with Crippen molar-refractivity contribution in [3.8, 4) is 0 Å². The Morgan fingerprint density at radius 2 is 1.50 bits per heavy atom. The topological polar surface area (TPSA) is 12.0 Å². The lowest BCUT2D eigenvalue weighted by molar-refractivity contribution is 0.426. The molecule has 0 aromatic carbocycles. The minimum absolute atomic E-state index is 0.639. The number of alkyl halides is 1. The van der Waals surface area contributed by atoms with E-state index in [0.717, 1.165) is 11.2 Å². The highest BCUT2D eigenvalue weighted by atomic mass is 79.9. The number of rotatable bonds is 11. The van der Waals surface area contributed by atoms with Crippen molar-refractivity contribution in [2.45, 2.75) is 71.8 Å². The molecule has 0 saturated heterocycles. The Hall–Kier alpha value is 0.440. The summed E-state index contributed by atoms with van der Waals surface area (Å²) in [6.07, 6.45) is 9.77. The van der Waals surface area contributed by atoms with Gasteiger partial charge in [0, 0.05) is 11.4 Å². The molecule has 0 aliphatic carbocycles. The molecular weight excluding hydrogens is 262 g/mol. The van der Waals surface area contributed by atoms with Crippen molar-refractivity contribution >= 4 is 15.9 Å². The molecular formula is C14H30BrN. The smallest absolute Gasteiger partial charge is 0.0188 e. The van der Waals surface area contributed by atoms with Gasteiger partial charge in [-0.05, 0) is 18.9 Å². The first-order valence-corrected chi connectivity index (χ1v) is 8.13. The summed E-state index contributed by atoms with van der Waals surface area (Å²) in [5, 5.41) is 4.69. The highest BCUT2D eigenvalue weighted by molar-refractivity contribution is 9.09. The maximum atomic E-state index is 3.62. The molecule has 1 nitrogen and oxygen atoms in total. The Morgan fingerprint density at radius 3 is 2.00 bits per heavy atom. The van der Waals surface area contributed by atoms with Gasteiger partial charge in [0.15, 0.2) is 0 Å². The molecule has 0 spiro atoms. The van der Waals surface area contributed by atoms with E-state index in [1.54, 1.807) is 0 Å². The van der Waals surface area contributed by atoms with Gasteiger partial charge in [-0.1, -0.05) is 75.2 Å². The highest BCUT2D eigenvalue weighted by Crippen LogP contribution is 2.08. The molecule has 98 valence electrons. The van der Waals surface area contributed by atoms with E-state index in [4.69, 9.17) is 0 Å². The lowest BCUT2D eigenvalue weighted by Gasteiger charge is -2.19. The Morgan fingerprint density at radius 1 is 0.938 bits per heavy atom. The van der Waals surface area contributed by atoms with Gasteiger partial charge in [-0.3, -0.25) is 0 Å². The van der Waals surface area contributed by atoms with Crippen LogP contribution in [0.4, 0.5) is 0 Å². The molecule has 0 radical (unpaired) electrons. The molecule has 0 aliphatic heterocycles. The number of halogens is 1. The molecule has 0 fully saturated rings. The molecule has 0 aromatic heterocycles. The van der Waals surface area contributed by atoms with Crippen LogP contribution in [0.25, 0.3) is 0 Å².